The fraction of sp³-hybridized carbons (Fsp3) is 0.0909. The van der Waals surface area contributed by atoms with Crippen LogP contribution in [0.5, 0.6) is 0 Å². The largest absolute Gasteiger partial charge is 0.355 e. The smallest absolute Gasteiger partial charge is 0.0867 e. The molecular formula is C11H10BrNS. The van der Waals surface area contributed by atoms with Crippen LogP contribution in [0.3, 0.4) is 0 Å². The molecule has 0 bridgehead atoms. The lowest BCUT2D eigenvalue weighted by Gasteiger charge is -2.00. The fourth-order valence-corrected chi connectivity index (χ4v) is 2.26. The number of aromatic amines is 1. The highest BCUT2D eigenvalue weighted by molar-refractivity contribution is 9.10. The zero-order valence-electron chi connectivity index (χ0n) is 7.50. The summed E-state index contributed by atoms with van der Waals surface area (Å²) in [5.41, 5.74) is 2.50. The van der Waals surface area contributed by atoms with Crippen molar-refractivity contribution in [2.24, 2.45) is 0 Å². The van der Waals surface area contributed by atoms with Gasteiger partial charge in [-0.25, -0.2) is 0 Å². The van der Waals surface area contributed by atoms with Crippen LogP contribution in [0.15, 0.2) is 46.0 Å². The van der Waals surface area contributed by atoms with E-state index < -0.39 is 0 Å². The summed E-state index contributed by atoms with van der Waals surface area (Å²) in [6.07, 6.45) is 2.80. The Bertz CT molecular complexity index is 403. The monoisotopic (exact) mass is 267 g/mol. The zero-order chi connectivity index (χ0) is 9.97. The van der Waals surface area contributed by atoms with Crippen LogP contribution in [0.2, 0.25) is 0 Å². The van der Waals surface area contributed by atoms with Gasteiger partial charge in [0.05, 0.1) is 4.60 Å². The summed E-state index contributed by atoms with van der Waals surface area (Å²) in [5.74, 6) is 0. The van der Waals surface area contributed by atoms with E-state index in [1.165, 1.54) is 11.1 Å². The molecule has 0 saturated heterocycles. The molecule has 0 amide bonds. The van der Waals surface area contributed by atoms with Crippen LogP contribution in [0.4, 0.5) is 0 Å². The Morgan fingerprint density at radius 1 is 1.21 bits per heavy atom. The van der Waals surface area contributed by atoms with Gasteiger partial charge in [-0.1, -0.05) is 30.3 Å². The molecule has 1 heterocycles. The Hall–Kier alpha value is -0.670. The maximum Gasteiger partial charge on any atom is 0.0867 e. The summed E-state index contributed by atoms with van der Waals surface area (Å²) in [6.45, 7) is 0. The molecule has 72 valence electrons. The first kappa shape index (κ1) is 9.87. The van der Waals surface area contributed by atoms with Gasteiger partial charge in [0.2, 0.25) is 0 Å². The Morgan fingerprint density at radius 3 is 2.50 bits per heavy atom. The Balaban J connectivity index is 2.27. The highest BCUT2D eigenvalue weighted by Gasteiger charge is 2.06. The molecule has 0 fully saturated rings. The molecule has 0 spiro atoms. The van der Waals surface area contributed by atoms with Gasteiger partial charge in [-0.3, -0.25) is 0 Å². The van der Waals surface area contributed by atoms with Crippen molar-refractivity contribution in [1.82, 2.24) is 4.98 Å². The van der Waals surface area contributed by atoms with E-state index in [2.05, 4.69) is 45.7 Å². The molecule has 2 aromatic rings. The van der Waals surface area contributed by atoms with E-state index in [0.29, 0.717) is 0 Å². The van der Waals surface area contributed by atoms with E-state index in [0.717, 1.165) is 15.9 Å². The minimum Gasteiger partial charge on any atom is -0.355 e. The second kappa shape index (κ2) is 4.24. The first-order valence-corrected chi connectivity index (χ1v) is 5.60. The second-order valence-corrected chi connectivity index (χ2v) is 4.40. The Morgan fingerprint density at radius 2 is 1.93 bits per heavy atom. The number of H-pyrrole nitrogens is 1. The molecule has 0 atom stereocenters. The maximum absolute atomic E-state index is 4.39. The van der Waals surface area contributed by atoms with Gasteiger partial charge in [0.15, 0.2) is 0 Å². The molecule has 0 unspecified atom stereocenters. The minimum absolute atomic E-state index is 0.907. The van der Waals surface area contributed by atoms with Gasteiger partial charge in [-0.2, -0.15) is 0 Å². The van der Waals surface area contributed by atoms with E-state index in [-0.39, 0.29) is 0 Å². The number of halogens is 1. The number of rotatable bonds is 2. The third kappa shape index (κ3) is 2.04. The summed E-state index contributed by atoms with van der Waals surface area (Å²) in [6, 6.07) is 10.4. The van der Waals surface area contributed by atoms with Gasteiger partial charge in [-0.05, 0) is 21.5 Å². The van der Waals surface area contributed by atoms with E-state index in [1.807, 2.05) is 24.4 Å². The van der Waals surface area contributed by atoms with Crippen LogP contribution in [-0.2, 0) is 6.42 Å². The molecule has 1 aromatic heterocycles. The SMILES string of the molecule is Sc1c[nH]c(Br)c1Cc1ccccc1. The van der Waals surface area contributed by atoms with E-state index in [1.54, 1.807) is 0 Å². The summed E-state index contributed by atoms with van der Waals surface area (Å²) >= 11 is 7.86. The topological polar surface area (TPSA) is 15.8 Å². The van der Waals surface area contributed by atoms with Gasteiger partial charge < -0.3 is 4.98 Å². The molecule has 0 aliphatic heterocycles. The Labute approximate surface area is 97.1 Å². The van der Waals surface area contributed by atoms with Crippen LogP contribution in [0.1, 0.15) is 11.1 Å². The van der Waals surface area contributed by atoms with Gasteiger partial charge in [0, 0.05) is 23.1 Å². The Kier molecular flexibility index (Phi) is 2.99. The first-order valence-electron chi connectivity index (χ1n) is 4.36. The lowest BCUT2D eigenvalue weighted by atomic mass is 10.1. The fourth-order valence-electron chi connectivity index (χ4n) is 1.39. The number of thiol groups is 1. The van der Waals surface area contributed by atoms with E-state index in [9.17, 15) is 0 Å². The van der Waals surface area contributed by atoms with Gasteiger partial charge in [-0.15, -0.1) is 12.6 Å². The van der Waals surface area contributed by atoms with E-state index in [4.69, 9.17) is 0 Å². The van der Waals surface area contributed by atoms with Crippen molar-refractivity contribution < 1.29 is 0 Å². The van der Waals surface area contributed by atoms with Crippen LogP contribution >= 0.6 is 28.6 Å². The van der Waals surface area contributed by atoms with Crippen molar-refractivity contribution in [2.45, 2.75) is 11.3 Å². The van der Waals surface area contributed by atoms with Crippen LogP contribution < -0.4 is 0 Å². The quantitative estimate of drug-likeness (QED) is 0.773. The summed E-state index contributed by atoms with van der Waals surface area (Å²) in [7, 11) is 0. The number of aromatic nitrogens is 1. The normalized spacial score (nSPS) is 10.4. The molecule has 0 aliphatic rings. The van der Waals surface area contributed by atoms with Crippen molar-refractivity contribution in [3.05, 3.63) is 52.3 Å². The number of benzene rings is 1. The summed E-state index contributed by atoms with van der Waals surface area (Å²) in [5, 5.41) is 0. The number of hydrogen-bond acceptors (Lipinski definition) is 1. The molecule has 1 aromatic carbocycles. The molecular weight excluding hydrogens is 258 g/mol. The maximum atomic E-state index is 4.39. The van der Waals surface area contributed by atoms with Crippen molar-refractivity contribution in [3.8, 4) is 0 Å². The van der Waals surface area contributed by atoms with Crippen molar-refractivity contribution in [3.63, 3.8) is 0 Å². The zero-order valence-corrected chi connectivity index (χ0v) is 9.98. The van der Waals surface area contributed by atoms with Crippen LogP contribution in [-0.4, -0.2) is 4.98 Å². The van der Waals surface area contributed by atoms with Gasteiger partial charge in [0.1, 0.15) is 0 Å². The van der Waals surface area contributed by atoms with Gasteiger partial charge in [0.25, 0.3) is 0 Å². The molecule has 0 aliphatic carbocycles. The molecule has 14 heavy (non-hydrogen) atoms. The average Bonchev–Trinajstić information content (AvgIpc) is 2.51. The second-order valence-electron chi connectivity index (χ2n) is 3.13. The third-order valence-electron chi connectivity index (χ3n) is 2.13. The highest BCUT2D eigenvalue weighted by Crippen LogP contribution is 2.25. The summed E-state index contributed by atoms with van der Waals surface area (Å²) in [4.78, 5) is 4.10. The molecule has 3 heteroatoms. The number of hydrogen-bond donors (Lipinski definition) is 2. The van der Waals surface area contributed by atoms with Crippen molar-refractivity contribution in [1.29, 1.82) is 0 Å². The lowest BCUT2D eigenvalue weighted by Crippen LogP contribution is -1.87. The van der Waals surface area contributed by atoms with Crippen LogP contribution in [0, 0.1) is 0 Å². The highest BCUT2D eigenvalue weighted by atomic mass is 79.9. The average molecular weight is 268 g/mol. The molecule has 1 N–H and O–H groups in total. The third-order valence-corrected chi connectivity index (χ3v) is 3.24. The van der Waals surface area contributed by atoms with Crippen LogP contribution in [0.25, 0.3) is 0 Å². The minimum atomic E-state index is 0.907. The van der Waals surface area contributed by atoms with Crippen molar-refractivity contribution >= 4 is 28.6 Å². The summed E-state index contributed by atoms with van der Waals surface area (Å²) < 4.78 is 1.02. The predicted octanol–water partition coefficient (Wildman–Crippen LogP) is 3.66. The lowest BCUT2D eigenvalue weighted by molar-refractivity contribution is 1.14. The van der Waals surface area contributed by atoms with Crippen molar-refractivity contribution in [2.75, 3.05) is 0 Å². The van der Waals surface area contributed by atoms with Gasteiger partial charge >= 0.3 is 0 Å². The van der Waals surface area contributed by atoms with E-state index >= 15 is 0 Å². The molecule has 0 radical (unpaired) electrons. The molecule has 1 nitrogen and oxygen atoms in total. The molecule has 2 rings (SSSR count). The number of nitrogens with one attached hydrogen (secondary N) is 1. The standard InChI is InChI=1S/C11H10BrNS/c12-11-9(10(14)7-13-11)6-8-4-2-1-3-5-8/h1-5,7,13-14H,6H2. The predicted molar refractivity (Wildman–Crippen MR) is 65.0 cm³/mol. The first-order chi connectivity index (χ1) is 6.77. The molecule has 0 saturated carbocycles.